The zero-order chi connectivity index (χ0) is 16.4. The molecule has 124 valence electrons. The maximum absolute atomic E-state index is 9.22. The van der Waals surface area contributed by atoms with E-state index in [9.17, 15) is 5.11 Å². The largest absolute Gasteiger partial charge is 0.490 e. The van der Waals surface area contributed by atoms with Crippen molar-refractivity contribution in [1.82, 2.24) is 4.98 Å². The van der Waals surface area contributed by atoms with Gasteiger partial charge in [-0.3, -0.25) is 0 Å². The molecule has 0 bridgehead atoms. The van der Waals surface area contributed by atoms with Gasteiger partial charge in [-0.25, -0.2) is 4.98 Å². The molecule has 0 saturated carbocycles. The van der Waals surface area contributed by atoms with Crippen molar-refractivity contribution >= 4 is 22.3 Å². The molecule has 23 heavy (non-hydrogen) atoms. The molecule has 2 heterocycles. The third-order valence-electron chi connectivity index (χ3n) is 3.99. The van der Waals surface area contributed by atoms with Crippen LogP contribution in [0.2, 0.25) is 0 Å². The number of fused-ring (bicyclic) bond motifs is 2. The summed E-state index contributed by atoms with van der Waals surface area (Å²) in [6, 6.07) is 4.03. The lowest BCUT2D eigenvalue weighted by atomic mass is 10.1. The SMILES string of the molecule is CN(C)c1cnc(N(C)CCO)c2cc3c(cc12)OCCCO3. The van der Waals surface area contributed by atoms with Crippen molar-refractivity contribution in [3.05, 3.63) is 18.3 Å². The van der Waals surface area contributed by atoms with E-state index >= 15 is 0 Å². The Morgan fingerprint density at radius 1 is 1.09 bits per heavy atom. The normalized spacial score (nSPS) is 13.7. The fourth-order valence-electron chi connectivity index (χ4n) is 2.78. The van der Waals surface area contributed by atoms with Gasteiger partial charge in [0.2, 0.25) is 0 Å². The van der Waals surface area contributed by atoms with Crippen LogP contribution in [0, 0.1) is 0 Å². The van der Waals surface area contributed by atoms with E-state index in [2.05, 4.69) is 4.98 Å². The van der Waals surface area contributed by atoms with Crippen molar-refractivity contribution in [2.45, 2.75) is 6.42 Å². The molecule has 1 aliphatic heterocycles. The van der Waals surface area contributed by atoms with Crippen LogP contribution in [0.15, 0.2) is 18.3 Å². The number of pyridine rings is 1. The van der Waals surface area contributed by atoms with E-state index in [0.29, 0.717) is 19.8 Å². The van der Waals surface area contributed by atoms with Gasteiger partial charge in [-0.05, 0) is 12.1 Å². The number of rotatable bonds is 4. The second-order valence-corrected chi connectivity index (χ2v) is 5.90. The standard InChI is InChI=1S/C17H23N3O3/c1-19(2)14-11-18-17(20(3)5-6-21)13-10-16-15(9-12(13)14)22-7-4-8-23-16/h9-11,21H,4-8H2,1-3H3. The van der Waals surface area contributed by atoms with Crippen molar-refractivity contribution in [1.29, 1.82) is 0 Å². The number of aliphatic hydroxyl groups excluding tert-OH is 1. The van der Waals surface area contributed by atoms with Crippen molar-refractivity contribution in [3.8, 4) is 11.5 Å². The highest BCUT2D eigenvalue weighted by molar-refractivity contribution is 6.02. The number of anilines is 2. The molecule has 1 aromatic heterocycles. The first-order valence-corrected chi connectivity index (χ1v) is 7.83. The predicted octanol–water partition coefficient (Wildman–Crippen LogP) is 1.89. The Kier molecular flexibility index (Phi) is 4.43. The number of likely N-dealkylation sites (N-methyl/N-ethyl adjacent to an activating group) is 1. The summed E-state index contributed by atoms with van der Waals surface area (Å²) >= 11 is 0. The average Bonchev–Trinajstić information content (AvgIpc) is 2.76. The molecule has 0 spiro atoms. The first-order valence-electron chi connectivity index (χ1n) is 7.83. The Morgan fingerprint density at radius 2 is 1.74 bits per heavy atom. The van der Waals surface area contributed by atoms with E-state index in [1.54, 1.807) is 0 Å². The number of aromatic nitrogens is 1. The maximum Gasteiger partial charge on any atom is 0.161 e. The number of hydrogen-bond acceptors (Lipinski definition) is 6. The van der Waals surface area contributed by atoms with Crippen LogP contribution in [-0.2, 0) is 0 Å². The van der Waals surface area contributed by atoms with E-state index in [0.717, 1.165) is 40.2 Å². The van der Waals surface area contributed by atoms with Crippen LogP contribution in [0.1, 0.15) is 6.42 Å². The highest BCUT2D eigenvalue weighted by Crippen LogP contribution is 2.40. The average molecular weight is 317 g/mol. The second-order valence-electron chi connectivity index (χ2n) is 5.90. The lowest BCUT2D eigenvalue weighted by molar-refractivity contribution is 0.297. The van der Waals surface area contributed by atoms with E-state index in [1.165, 1.54) is 0 Å². The number of hydrogen-bond donors (Lipinski definition) is 1. The van der Waals surface area contributed by atoms with Crippen molar-refractivity contribution in [2.75, 3.05) is 57.3 Å². The summed E-state index contributed by atoms with van der Waals surface area (Å²) in [5.41, 5.74) is 1.02. The second kappa shape index (κ2) is 6.50. The van der Waals surface area contributed by atoms with Crippen LogP contribution in [0.5, 0.6) is 11.5 Å². The Balaban J connectivity index is 2.22. The molecule has 0 unspecified atom stereocenters. The quantitative estimate of drug-likeness (QED) is 0.929. The number of aliphatic hydroxyl groups is 1. The molecule has 0 fully saturated rings. The Hall–Kier alpha value is -2.21. The molecule has 6 nitrogen and oxygen atoms in total. The minimum atomic E-state index is 0.0830. The van der Waals surface area contributed by atoms with Crippen LogP contribution in [0.4, 0.5) is 11.5 Å². The van der Waals surface area contributed by atoms with Gasteiger partial charge in [0, 0.05) is 44.9 Å². The summed E-state index contributed by atoms with van der Waals surface area (Å²) in [5.74, 6) is 2.36. The topological polar surface area (TPSA) is 58.1 Å². The lowest BCUT2D eigenvalue weighted by Gasteiger charge is -2.23. The molecule has 0 aliphatic carbocycles. The van der Waals surface area contributed by atoms with Gasteiger partial charge < -0.3 is 24.4 Å². The molecule has 1 aromatic carbocycles. The van der Waals surface area contributed by atoms with Gasteiger partial charge >= 0.3 is 0 Å². The predicted molar refractivity (Wildman–Crippen MR) is 92.0 cm³/mol. The molecule has 1 N–H and O–H groups in total. The van der Waals surface area contributed by atoms with Gasteiger partial charge in [0.05, 0.1) is 31.7 Å². The molecular formula is C17H23N3O3. The van der Waals surface area contributed by atoms with E-state index in [4.69, 9.17) is 9.47 Å². The summed E-state index contributed by atoms with van der Waals surface area (Å²) in [4.78, 5) is 8.58. The summed E-state index contributed by atoms with van der Waals surface area (Å²) in [5, 5.41) is 11.3. The third-order valence-corrected chi connectivity index (χ3v) is 3.99. The third kappa shape index (κ3) is 2.99. The number of ether oxygens (including phenoxy) is 2. The molecular weight excluding hydrogens is 294 g/mol. The molecule has 0 saturated heterocycles. The molecule has 0 amide bonds. The van der Waals surface area contributed by atoms with Gasteiger partial charge in [0.15, 0.2) is 11.5 Å². The molecule has 0 radical (unpaired) electrons. The van der Waals surface area contributed by atoms with Crippen LogP contribution in [0.25, 0.3) is 10.8 Å². The van der Waals surface area contributed by atoms with Crippen molar-refractivity contribution in [3.63, 3.8) is 0 Å². The first kappa shape index (κ1) is 15.7. The number of nitrogens with zero attached hydrogens (tertiary/aromatic N) is 3. The number of benzene rings is 1. The lowest BCUT2D eigenvalue weighted by Crippen LogP contribution is -2.23. The van der Waals surface area contributed by atoms with E-state index < -0.39 is 0 Å². The summed E-state index contributed by atoms with van der Waals surface area (Å²) < 4.78 is 11.6. The van der Waals surface area contributed by atoms with Crippen LogP contribution in [-0.4, -0.2) is 57.6 Å². The van der Waals surface area contributed by atoms with Gasteiger partial charge in [0.25, 0.3) is 0 Å². The fraction of sp³-hybridized carbons (Fsp3) is 0.471. The summed E-state index contributed by atoms with van der Waals surface area (Å²) in [6.07, 6.45) is 2.73. The molecule has 2 aromatic rings. The first-order chi connectivity index (χ1) is 11.1. The van der Waals surface area contributed by atoms with Crippen LogP contribution in [0.3, 0.4) is 0 Å². The summed E-state index contributed by atoms with van der Waals surface area (Å²) in [6.45, 7) is 1.93. The van der Waals surface area contributed by atoms with Gasteiger partial charge in [-0.15, -0.1) is 0 Å². The smallest absolute Gasteiger partial charge is 0.161 e. The highest BCUT2D eigenvalue weighted by Gasteiger charge is 2.18. The fourth-order valence-corrected chi connectivity index (χ4v) is 2.78. The highest BCUT2D eigenvalue weighted by atomic mass is 16.5. The van der Waals surface area contributed by atoms with Gasteiger partial charge in [0.1, 0.15) is 5.82 Å². The Bertz CT molecular complexity index is 703. The zero-order valence-corrected chi connectivity index (χ0v) is 13.9. The van der Waals surface area contributed by atoms with Crippen LogP contribution >= 0.6 is 0 Å². The van der Waals surface area contributed by atoms with E-state index in [-0.39, 0.29) is 6.61 Å². The minimum absolute atomic E-state index is 0.0830. The van der Waals surface area contributed by atoms with E-state index in [1.807, 2.05) is 49.3 Å². The minimum Gasteiger partial charge on any atom is -0.490 e. The van der Waals surface area contributed by atoms with Crippen molar-refractivity contribution < 1.29 is 14.6 Å². The molecule has 6 heteroatoms. The van der Waals surface area contributed by atoms with Gasteiger partial charge in [-0.1, -0.05) is 0 Å². The summed E-state index contributed by atoms with van der Waals surface area (Å²) in [7, 11) is 5.92. The molecule has 0 atom stereocenters. The monoisotopic (exact) mass is 317 g/mol. The zero-order valence-electron chi connectivity index (χ0n) is 13.9. The Morgan fingerprint density at radius 3 is 2.35 bits per heavy atom. The van der Waals surface area contributed by atoms with Gasteiger partial charge in [-0.2, -0.15) is 0 Å². The van der Waals surface area contributed by atoms with Crippen LogP contribution < -0.4 is 19.3 Å². The Labute approximate surface area is 136 Å². The molecule has 3 rings (SSSR count). The maximum atomic E-state index is 9.22. The van der Waals surface area contributed by atoms with Crippen molar-refractivity contribution in [2.24, 2.45) is 0 Å². The molecule has 1 aliphatic rings.